The Morgan fingerprint density at radius 1 is 1.16 bits per heavy atom. The minimum Gasteiger partial charge on any atom is -0.480 e. The highest BCUT2D eigenvalue weighted by atomic mass is 16.5. The number of carboxylic acid groups (broad SMARTS) is 2. The van der Waals surface area contributed by atoms with Gasteiger partial charge in [-0.25, -0.2) is 4.79 Å². The number of methoxy groups -OCH3 is 1. The van der Waals surface area contributed by atoms with Crippen molar-refractivity contribution in [3.05, 3.63) is 35.4 Å². The van der Waals surface area contributed by atoms with Crippen LogP contribution in [0.15, 0.2) is 24.3 Å². The molecule has 1 heterocycles. The van der Waals surface area contributed by atoms with E-state index in [2.05, 4.69) is 5.32 Å². The number of hydrogen-bond donors (Lipinski definition) is 4. The van der Waals surface area contributed by atoms with Gasteiger partial charge >= 0.3 is 11.9 Å². The lowest BCUT2D eigenvalue weighted by Gasteiger charge is -2.29. The topological polar surface area (TPSA) is 142 Å². The fraction of sp³-hybridized carbons (Fsp3) is 0.609. The first-order valence-corrected chi connectivity index (χ1v) is 11.1. The fourth-order valence-corrected chi connectivity index (χ4v) is 4.00. The maximum Gasteiger partial charge on any atom is 0.326 e. The number of nitrogens with zero attached hydrogens (tertiary/aromatic N) is 1. The van der Waals surface area contributed by atoms with Gasteiger partial charge in [-0.2, -0.15) is 0 Å². The molecule has 2 rings (SSSR count). The second-order valence-corrected chi connectivity index (χ2v) is 8.36. The zero-order valence-electron chi connectivity index (χ0n) is 18.8. The lowest BCUT2D eigenvalue weighted by atomic mass is 10.0. The summed E-state index contributed by atoms with van der Waals surface area (Å²) in [7, 11) is 1.49. The molecule has 0 aliphatic carbocycles. The number of unbranched alkanes of at least 4 members (excludes halogenated alkanes) is 1. The summed E-state index contributed by atoms with van der Waals surface area (Å²) < 4.78 is 5.28. The highest BCUT2D eigenvalue weighted by Crippen LogP contribution is 2.22. The molecule has 1 aliphatic heterocycles. The second-order valence-electron chi connectivity index (χ2n) is 8.36. The van der Waals surface area contributed by atoms with Gasteiger partial charge in [-0.1, -0.05) is 36.2 Å². The Labute approximate surface area is 188 Å². The highest BCUT2D eigenvalue weighted by Gasteiger charge is 2.42. The standard InChI is InChI=1S/C23H35N3O6/c1-15-6-8-16(9-7-15)10-11-19(22(28)29)25-18(5-3-4-12-24)21(27)26-14-17(32-2)13-20(26)23(30)31/h6-9,17-20,25H,3-5,10-14,24H2,1-2H3,(H,28,29)(H,30,31)/t17-,18+,19+,20+/m1/s1. The quantitative estimate of drug-likeness (QED) is 0.329. The highest BCUT2D eigenvalue weighted by molar-refractivity contribution is 5.88. The first-order chi connectivity index (χ1) is 15.3. The summed E-state index contributed by atoms with van der Waals surface area (Å²) >= 11 is 0. The Kier molecular flexibility index (Phi) is 10.1. The number of rotatable bonds is 13. The van der Waals surface area contributed by atoms with E-state index in [-0.39, 0.29) is 19.1 Å². The number of carbonyl (C=O) groups excluding carboxylic acids is 1. The van der Waals surface area contributed by atoms with Crippen LogP contribution in [-0.2, 0) is 25.5 Å². The normalized spacial score (nSPS) is 20.2. The van der Waals surface area contributed by atoms with Crippen molar-refractivity contribution in [2.45, 2.75) is 69.7 Å². The zero-order valence-corrected chi connectivity index (χ0v) is 18.8. The molecule has 1 fully saturated rings. The number of nitrogens with one attached hydrogen (secondary N) is 1. The van der Waals surface area contributed by atoms with Crippen LogP contribution in [0.5, 0.6) is 0 Å². The number of ether oxygens (including phenoxy) is 1. The summed E-state index contributed by atoms with van der Waals surface area (Å²) in [5.74, 6) is -2.54. The number of aliphatic carboxylic acids is 2. The van der Waals surface area contributed by atoms with Gasteiger partial charge in [0.2, 0.25) is 5.91 Å². The number of nitrogens with two attached hydrogens (primary N) is 1. The Hall–Kier alpha value is -2.49. The van der Waals surface area contributed by atoms with E-state index in [1.54, 1.807) is 0 Å². The van der Waals surface area contributed by atoms with Crippen LogP contribution in [0.4, 0.5) is 0 Å². The van der Waals surface area contributed by atoms with Crippen molar-refractivity contribution in [1.82, 2.24) is 10.2 Å². The largest absolute Gasteiger partial charge is 0.480 e. The summed E-state index contributed by atoms with van der Waals surface area (Å²) in [6.45, 7) is 2.62. The summed E-state index contributed by atoms with van der Waals surface area (Å²) in [6.07, 6.45) is 2.40. The van der Waals surface area contributed by atoms with Gasteiger partial charge < -0.3 is 25.6 Å². The van der Waals surface area contributed by atoms with Crippen molar-refractivity contribution >= 4 is 17.8 Å². The molecule has 178 valence electrons. The monoisotopic (exact) mass is 449 g/mol. The van der Waals surface area contributed by atoms with Crippen molar-refractivity contribution < 1.29 is 29.3 Å². The van der Waals surface area contributed by atoms with Gasteiger partial charge in [0.1, 0.15) is 12.1 Å². The summed E-state index contributed by atoms with van der Waals surface area (Å²) in [5.41, 5.74) is 7.72. The second kappa shape index (κ2) is 12.5. The number of carbonyl (C=O) groups is 3. The summed E-state index contributed by atoms with van der Waals surface area (Å²) in [4.78, 5) is 38.2. The van der Waals surface area contributed by atoms with E-state index < -0.39 is 36.0 Å². The molecule has 9 heteroatoms. The molecule has 1 aliphatic rings. The Balaban J connectivity index is 2.13. The first kappa shape index (κ1) is 25.8. The minimum absolute atomic E-state index is 0.169. The lowest BCUT2D eigenvalue weighted by molar-refractivity contribution is -0.149. The van der Waals surface area contributed by atoms with E-state index in [1.165, 1.54) is 12.0 Å². The molecule has 32 heavy (non-hydrogen) atoms. The van der Waals surface area contributed by atoms with Crippen LogP contribution in [0.2, 0.25) is 0 Å². The number of likely N-dealkylation sites (tertiary alicyclic amines) is 1. The van der Waals surface area contributed by atoms with E-state index in [9.17, 15) is 24.6 Å². The molecular weight excluding hydrogens is 414 g/mol. The molecule has 9 nitrogen and oxygen atoms in total. The molecule has 0 bridgehead atoms. The van der Waals surface area contributed by atoms with Crippen LogP contribution >= 0.6 is 0 Å². The van der Waals surface area contributed by atoms with Gasteiger partial charge in [0.25, 0.3) is 0 Å². The number of benzene rings is 1. The maximum absolute atomic E-state index is 13.3. The molecule has 4 atom stereocenters. The number of amides is 1. The number of hydrogen-bond acceptors (Lipinski definition) is 6. The number of carboxylic acids is 2. The predicted molar refractivity (Wildman–Crippen MR) is 119 cm³/mol. The number of aryl methyl sites for hydroxylation is 2. The summed E-state index contributed by atoms with van der Waals surface area (Å²) in [5, 5.41) is 22.3. The van der Waals surface area contributed by atoms with Crippen LogP contribution in [0.25, 0.3) is 0 Å². The van der Waals surface area contributed by atoms with Gasteiger partial charge in [-0.3, -0.25) is 14.9 Å². The van der Waals surface area contributed by atoms with E-state index >= 15 is 0 Å². The Morgan fingerprint density at radius 3 is 2.41 bits per heavy atom. The molecule has 5 N–H and O–H groups in total. The SMILES string of the molecule is CO[C@@H]1C[C@@H](C(=O)O)N(C(=O)[C@H](CCCCN)N[C@@H](CCc2ccc(C)cc2)C(=O)O)C1. The lowest BCUT2D eigenvalue weighted by Crippen LogP contribution is -2.54. The molecule has 0 spiro atoms. The Bertz CT molecular complexity index is 770. The van der Waals surface area contributed by atoms with Crippen LogP contribution in [-0.4, -0.2) is 77.4 Å². The van der Waals surface area contributed by atoms with E-state index in [1.807, 2.05) is 31.2 Å². The van der Waals surface area contributed by atoms with Gasteiger partial charge in [0.05, 0.1) is 12.1 Å². The molecule has 0 radical (unpaired) electrons. The van der Waals surface area contributed by atoms with E-state index in [0.29, 0.717) is 38.6 Å². The van der Waals surface area contributed by atoms with Crippen molar-refractivity contribution in [2.24, 2.45) is 5.73 Å². The van der Waals surface area contributed by atoms with E-state index in [0.717, 1.165) is 11.1 Å². The van der Waals surface area contributed by atoms with Crippen molar-refractivity contribution in [2.75, 3.05) is 20.2 Å². The fourth-order valence-electron chi connectivity index (χ4n) is 4.00. The first-order valence-electron chi connectivity index (χ1n) is 11.1. The molecule has 0 aromatic heterocycles. The average molecular weight is 450 g/mol. The van der Waals surface area contributed by atoms with E-state index in [4.69, 9.17) is 10.5 Å². The molecule has 1 aromatic rings. The summed E-state index contributed by atoms with van der Waals surface area (Å²) in [6, 6.07) is 5.15. The van der Waals surface area contributed by atoms with Crippen molar-refractivity contribution in [1.29, 1.82) is 0 Å². The van der Waals surface area contributed by atoms with Crippen LogP contribution in [0.1, 0.15) is 43.2 Å². The van der Waals surface area contributed by atoms with Gasteiger partial charge in [0.15, 0.2) is 0 Å². The van der Waals surface area contributed by atoms with Gasteiger partial charge in [-0.05, 0) is 44.7 Å². The Morgan fingerprint density at radius 2 is 1.84 bits per heavy atom. The van der Waals surface area contributed by atoms with Crippen LogP contribution < -0.4 is 11.1 Å². The smallest absolute Gasteiger partial charge is 0.326 e. The van der Waals surface area contributed by atoms with Crippen LogP contribution in [0.3, 0.4) is 0 Å². The molecule has 1 amide bonds. The molecule has 0 unspecified atom stereocenters. The molecule has 1 saturated heterocycles. The van der Waals surface area contributed by atoms with Gasteiger partial charge in [-0.15, -0.1) is 0 Å². The maximum atomic E-state index is 13.3. The average Bonchev–Trinajstić information content (AvgIpc) is 3.21. The third kappa shape index (κ3) is 7.29. The zero-order chi connectivity index (χ0) is 23.7. The third-order valence-electron chi connectivity index (χ3n) is 5.95. The van der Waals surface area contributed by atoms with Crippen molar-refractivity contribution in [3.63, 3.8) is 0 Å². The predicted octanol–water partition coefficient (Wildman–Crippen LogP) is 1.17. The minimum atomic E-state index is -1.09. The molecular formula is C23H35N3O6. The van der Waals surface area contributed by atoms with Crippen molar-refractivity contribution in [3.8, 4) is 0 Å². The van der Waals surface area contributed by atoms with Gasteiger partial charge in [0, 0.05) is 20.1 Å². The molecule has 0 saturated carbocycles. The van der Waals surface area contributed by atoms with Crippen LogP contribution in [0, 0.1) is 6.92 Å². The molecule has 1 aromatic carbocycles. The third-order valence-corrected chi connectivity index (χ3v) is 5.95.